The molecule has 8 heteroatoms. The van der Waals surface area contributed by atoms with Crippen LogP contribution in [0.2, 0.25) is 5.02 Å². The van der Waals surface area contributed by atoms with Gasteiger partial charge in [-0.15, -0.1) is 0 Å². The van der Waals surface area contributed by atoms with Crippen LogP contribution < -0.4 is 15.4 Å². The topological polar surface area (TPSA) is 75.6 Å². The zero-order valence-electron chi connectivity index (χ0n) is 15.5. The smallest absolute Gasteiger partial charge is 0.258 e. The first-order valence-electron chi connectivity index (χ1n) is 8.66. The van der Waals surface area contributed by atoms with Crippen LogP contribution in [0.3, 0.4) is 0 Å². The number of pyridine rings is 1. The van der Waals surface area contributed by atoms with Crippen LogP contribution in [0.4, 0.5) is 10.1 Å². The summed E-state index contributed by atoms with van der Waals surface area (Å²) in [7, 11) is 1.53. The molecule has 148 valence electrons. The van der Waals surface area contributed by atoms with Crippen molar-refractivity contribution < 1.29 is 13.9 Å². The maximum Gasteiger partial charge on any atom is 0.258 e. The second-order valence-corrected chi connectivity index (χ2v) is 6.37. The Hall–Kier alpha value is -3.45. The molecule has 0 aliphatic heterocycles. The van der Waals surface area contributed by atoms with E-state index in [0.717, 1.165) is 5.56 Å². The Morgan fingerprint density at radius 1 is 1.21 bits per heavy atom. The molecule has 0 fully saturated rings. The molecule has 1 heterocycles. The van der Waals surface area contributed by atoms with E-state index >= 15 is 0 Å². The molecule has 2 N–H and O–H groups in total. The minimum Gasteiger partial charge on any atom is -0.497 e. The third kappa shape index (κ3) is 5.76. The fraction of sp³-hybridized carbons (Fsp3) is 0.0952. The number of benzene rings is 2. The molecule has 0 spiro atoms. The minimum absolute atomic E-state index is 0.0410. The van der Waals surface area contributed by atoms with Crippen LogP contribution in [-0.2, 0) is 6.54 Å². The molecule has 0 saturated heterocycles. The number of amides is 1. The van der Waals surface area contributed by atoms with Crippen molar-refractivity contribution in [1.82, 2.24) is 10.3 Å². The van der Waals surface area contributed by atoms with Gasteiger partial charge in [0.15, 0.2) is 0 Å². The summed E-state index contributed by atoms with van der Waals surface area (Å²) in [5, 5.41) is 5.65. The van der Waals surface area contributed by atoms with Crippen LogP contribution in [-0.4, -0.2) is 24.0 Å². The average Bonchev–Trinajstić information content (AvgIpc) is 2.75. The SMILES string of the molecule is COc1cccc(C(=O)NC(=NCc2cccnc2)Nc2ccc(F)c(Cl)c2)c1. The Kier molecular flexibility index (Phi) is 6.76. The molecule has 0 radical (unpaired) electrons. The van der Waals surface area contributed by atoms with Crippen molar-refractivity contribution in [1.29, 1.82) is 0 Å². The fourth-order valence-electron chi connectivity index (χ4n) is 2.43. The van der Waals surface area contributed by atoms with Gasteiger partial charge in [-0.25, -0.2) is 9.38 Å². The predicted octanol–water partition coefficient (Wildman–Crippen LogP) is 4.28. The van der Waals surface area contributed by atoms with Crippen LogP contribution in [0.5, 0.6) is 5.75 Å². The molecule has 0 aliphatic carbocycles. The lowest BCUT2D eigenvalue weighted by molar-refractivity contribution is 0.0976. The third-order valence-electron chi connectivity index (χ3n) is 3.89. The number of carbonyl (C=O) groups excluding carboxylic acids is 1. The first-order valence-corrected chi connectivity index (χ1v) is 9.04. The number of aliphatic imine (C=N–C) groups is 1. The number of hydrogen-bond donors (Lipinski definition) is 2. The summed E-state index contributed by atoms with van der Waals surface area (Å²) < 4.78 is 18.6. The Bertz CT molecular complexity index is 1030. The van der Waals surface area contributed by atoms with Crippen LogP contribution >= 0.6 is 11.6 Å². The maximum absolute atomic E-state index is 13.4. The molecule has 2 aromatic carbocycles. The molecule has 0 bridgehead atoms. The third-order valence-corrected chi connectivity index (χ3v) is 4.18. The minimum atomic E-state index is -0.536. The summed E-state index contributed by atoms with van der Waals surface area (Å²) >= 11 is 5.84. The molecule has 3 aromatic rings. The monoisotopic (exact) mass is 412 g/mol. The number of methoxy groups -OCH3 is 1. The Labute approximate surface area is 172 Å². The number of nitrogens with zero attached hydrogens (tertiary/aromatic N) is 2. The van der Waals surface area contributed by atoms with Crippen LogP contribution in [0.1, 0.15) is 15.9 Å². The van der Waals surface area contributed by atoms with Crippen molar-refractivity contribution >= 4 is 29.2 Å². The van der Waals surface area contributed by atoms with Crippen molar-refractivity contribution in [3.05, 3.63) is 89.0 Å². The van der Waals surface area contributed by atoms with E-state index in [9.17, 15) is 9.18 Å². The normalized spacial score (nSPS) is 11.1. The van der Waals surface area contributed by atoms with Gasteiger partial charge >= 0.3 is 0 Å². The van der Waals surface area contributed by atoms with Crippen molar-refractivity contribution in [2.45, 2.75) is 6.54 Å². The van der Waals surface area contributed by atoms with Crippen LogP contribution in [0.25, 0.3) is 0 Å². The number of nitrogens with one attached hydrogen (secondary N) is 2. The van der Waals surface area contributed by atoms with Crippen molar-refractivity contribution in [2.75, 3.05) is 12.4 Å². The molecule has 0 atom stereocenters. The molecule has 0 aliphatic rings. The number of carbonyl (C=O) groups is 1. The first kappa shape index (κ1) is 20.3. The summed E-state index contributed by atoms with van der Waals surface area (Å²) in [6.45, 7) is 0.281. The van der Waals surface area contributed by atoms with Crippen molar-refractivity contribution in [2.24, 2.45) is 4.99 Å². The lowest BCUT2D eigenvalue weighted by Gasteiger charge is -2.13. The van der Waals surface area contributed by atoms with E-state index in [-0.39, 0.29) is 23.4 Å². The standard InChI is InChI=1S/C21H18ClFN4O2/c1-29-17-6-2-5-15(10-17)20(28)27-21(25-13-14-4-3-9-24-12-14)26-16-7-8-19(23)18(22)11-16/h2-12H,13H2,1H3,(H2,25,26,27,28). The lowest BCUT2D eigenvalue weighted by atomic mass is 10.2. The highest BCUT2D eigenvalue weighted by molar-refractivity contribution is 6.31. The van der Waals surface area contributed by atoms with E-state index in [1.165, 1.54) is 25.3 Å². The fourth-order valence-corrected chi connectivity index (χ4v) is 2.61. The number of ether oxygens (including phenoxy) is 1. The van der Waals surface area contributed by atoms with Gasteiger partial charge in [-0.3, -0.25) is 15.1 Å². The molecule has 1 aromatic heterocycles. The van der Waals surface area contributed by atoms with Gasteiger partial charge in [0.1, 0.15) is 11.6 Å². The second-order valence-electron chi connectivity index (χ2n) is 5.97. The molecule has 3 rings (SSSR count). The van der Waals surface area contributed by atoms with E-state index in [1.54, 1.807) is 42.7 Å². The summed E-state index contributed by atoms with van der Waals surface area (Å²) in [5.74, 6) is -0.171. The highest BCUT2D eigenvalue weighted by atomic mass is 35.5. The van der Waals surface area contributed by atoms with Crippen molar-refractivity contribution in [3.63, 3.8) is 0 Å². The largest absolute Gasteiger partial charge is 0.497 e. The molecule has 6 nitrogen and oxygen atoms in total. The van der Waals surface area contributed by atoms with E-state index in [1.807, 2.05) is 6.07 Å². The molecule has 0 saturated carbocycles. The first-order chi connectivity index (χ1) is 14.0. The number of anilines is 1. The Morgan fingerprint density at radius 3 is 2.79 bits per heavy atom. The van der Waals surface area contributed by atoms with Crippen LogP contribution in [0, 0.1) is 5.82 Å². The molecule has 29 heavy (non-hydrogen) atoms. The van der Waals surface area contributed by atoms with E-state index < -0.39 is 5.82 Å². The predicted molar refractivity (Wildman–Crippen MR) is 111 cm³/mol. The van der Waals surface area contributed by atoms with E-state index in [2.05, 4.69) is 20.6 Å². The van der Waals surface area contributed by atoms with E-state index in [4.69, 9.17) is 16.3 Å². The van der Waals surface area contributed by atoms with Gasteiger partial charge < -0.3 is 10.1 Å². The van der Waals surface area contributed by atoms with Gasteiger partial charge in [-0.2, -0.15) is 0 Å². The van der Waals surface area contributed by atoms with Gasteiger partial charge in [-0.05, 0) is 48.0 Å². The Balaban J connectivity index is 1.82. The lowest BCUT2D eigenvalue weighted by Crippen LogP contribution is -2.36. The van der Waals surface area contributed by atoms with E-state index in [0.29, 0.717) is 17.0 Å². The number of guanidine groups is 1. The summed E-state index contributed by atoms with van der Waals surface area (Å²) in [5.41, 5.74) is 1.74. The number of hydrogen-bond acceptors (Lipinski definition) is 4. The summed E-state index contributed by atoms with van der Waals surface area (Å²) in [6, 6.07) is 14.5. The van der Waals surface area contributed by atoms with Crippen LogP contribution in [0.15, 0.2) is 72.0 Å². The van der Waals surface area contributed by atoms with Gasteiger partial charge in [0.05, 0.1) is 18.7 Å². The zero-order chi connectivity index (χ0) is 20.6. The summed E-state index contributed by atoms with van der Waals surface area (Å²) in [4.78, 5) is 21.1. The average molecular weight is 413 g/mol. The van der Waals surface area contributed by atoms with Crippen molar-refractivity contribution in [3.8, 4) is 5.75 Å². The maximum atomic E-state index is 13.4. The number of rotatable bonds is 5. The molecular weight excluding hydrogens is 395 g/mol. The van der Waals surface area contributed by atoms with Gasteiger partial charge in [0.25, 0.3) is 5.91 Å². The zero-order valence-corrected chi connectivity index (χ0v) is 16.3. The molecular formula is C21H18ClFN4O2. The molecule has 1 amide bonds. The quantitative estimate of drug-likeness (QED) is 0.484. The van der Waals surface area contributed by atoms with Gasteiger partial charge in [0, 0.05) is 23.6 Å². The van der Waals surface area contributed by atoms with Gasteiger partial charge in [-0.1, -0.05) is 23.7 Å². The molecule has 0 unspecified atom stereocenters. The summed E-state index contributed by atoms with van der Waals surface area (Å²) in [6.07, 6.45) is 3.34. The Morgan fingerprint density at radius 2 is 2.07 bits per heavy atom. The number of halogens is 2. The van der Waals surface area contributed by atoms with Gasteiger partial charge in [0.2, 0.25) is 5.96 Å². The highest BCUT2D eigenvalue weighted by Crippen LogP contribution is 2.19. The second kappa shape index (κ2) is 9.66. The number of aromatic nitrogens is 1. The highest BCUT2D eigenvalue weighted by Gasteiger charge is 2.11.